The topological polar surface area (TPSA) is 147 Å². The predicted octanol–water partition coefficient (Wildman–Crippen LogP) is -3.55. The molecule has 0 atom stereocenters. The number of nitro groups is 1. The summed E-state index contributed by atoms with van der Waals surface area (Å²) in [6, 6.07) is 2.75. The van der Waals surface area contributed by atoms with E-state index in [9.17, 15) is 30.9 Å². The van der Waals surface area contributed by atoms with Crippen LogP contribution in [0.2, 0.25) is 0 Å². The van der Waals surface area contributed by atoms with Gasteiger partial charge in [-0.15, -0.1) is 0 Å². The molecule has 0 saturated carbocycles. The number of carbonyl (C=O) groups excluding carboxylic acids is 2. The number of carboxylic acids is 1. The number of rotatable bonds is 5. The maximum atomic E-state index is 11.4. The average Bonchev–Trinajstić information content (AvgIpc) is 2.34. The van der Waals surface area contributed by atoms with E-state index in [1.54, 1.807) is 0 Å². The molecule has 0 saturated heterocycles. The van der Waals surface area contributed by atoms with Crippen molar-refractivity contribution in [2.75, 3.05) is 6.54 Å². The maximum Gasteiger partial charge on any atom is 1.00 e. The Bertz CT molecular complexity index is 621. The van der Waals surface area contributed by atoms with Gasteiger partial charge in [0, 0.05) is 11.6 Å². The molecule has 1 aromatic carbocycles. The third kappa shape index (κ3) is 5.49. The second kappa shape index (κ2) is 8.73. The van der Waals surface area contributed by atoms with E-state index in [2.05, 4.69) is 0 Å². The second-order valence-corrected chi connectivity index (χ2v) is 5.60. The van der Waals surface area contributed by atoms with Crippen LogP contribution in [-0.2, 0) is 10.9 Å². The minimum Gasteiger partial charge on any atom is -0.548 e. The minimum absolute atomic E-state index is 0. The zero-order valence-electron chi connectivity index (χ0n) is 10.1. The smallest absolute Gasteiger partial charge is 0.548 e. The summed E-state index contributed by atoms with van der Waals surface area (Å²) in [5, 5.41) is 22.7. The first kappa shape index (κ1) is 19.5. The van der Waals surface area contributed by atoms with E-state index >= 15 is 0 Å². The molecule has 102 valence electrons. The molecule has 0 bridgehead atoms. The number of benzene rings is 1. The molecule has 0 radical (unpaired) electrons. The Morgan fingerprint density at radius 2 is 1.90 bits per heavy atom. The SMILES string of the molecule is O=C([O-])CNC(=O)c1ccc([N+](=O)[O-])c(I(=O)=O)c1.[K+]. The number of hydrogen-bond acceptors (Lipinski definition) is 7. The van der Waals surface area contributed by atoms with Crippen molar-refractivity contribution >= 4 is 37.4 Å². The van der Waals surface area contributed by atoms with Crippen LogP contribution in [0, 0.1) is 13.7 Å². The monoisotopic (exact) mass is 420 g/mol. The minimum atomic E-state index is -4.16. The number of nitrogens with one attached hydrogen (secondary N) is 1. The molecule has 0 aliphatic rings. The van der Waals surface area contributed by atoms with Crippen molar-refractivity contribution in [2.45, 2.75) is 0 Å². The summed E-state index contributed by atoms with van der Waals surface area (Å²) in [7, 11) is 0. The molecule has 0 aliphatic carbocycles. The fourth-order valence-corrected chi connectivity index (χ4v) is 2.59. The van der Waals surface area contributed by atoms with Gasteiger partial charge in [0.1, 0.15) is 0 Å². The third-order valence-electron chi connectivity index (χ3n) is 1.97. The van der Waals surface area contributed by atoms with E-state index in [4.69, 9.17) is 0 Å². The molecule has 0 heterocycles. The Balaban J connectivity index is 0.00000361. The first-order chi connectivity index (χ1) is 8.82. The van der Waals surface area contributed by atoms with Crippen molar-refractivity contribution in [3.8, 4) is 0 Å². The molecule has 1 rings (SSSR count). The maximum absolute atomic E-state index is 11.4. The van der Waals surface area contributed by atoms with Gasteiger partial charge in [-0.25, -0.2) is 6.14 Å². The van der Waals surface area contributed by atoms with E-state index in [-0.39, 0.29) is 56.9 Å². The summed E-state index contributed by atoms with van der Waals surface area (Å²) in [5.74, 6) is -2.38. The number of hydrogen-bond donors (Lipinski definition) is 1. The van der Waals surface area contributed by atoms with Gasteiger partial charge in [-0.1, -0.05) is 0 Å². The van der Waals surface area contributed by atoms with Crippen LogP contribution < -0.4 is 61.8 Å². The zero-order chi connectivity index (χ0) is 14.6. The van der Waals surface area contributed by atoms with Crippen molar-refractivity contribution in [1.29, 1.82) is 0 Å². The second-order valence-electron chi connectivity index (χ2n) is 3.20. The first-order valence-corrected chi connectivity index (χ1v) is 7.48. The summed E-state index contributed by atoms with van der Waals surface area (Å²) in [5.41, 5.74) is -0.803. The largest absolute Gasteiger partial charge is 1.00 e. The van der Waals surface area contributed by atoms with Crippen LogP contribution in [0.4, 0.5) is 5.69 Å². The first-order valence-electron chi connectivity index (χ1n) is 4.64. The quantitative estimate of drug-likeness (QED) is 0.225. The van der Waals surface area contributed by atoms with Gasteiger partial charge in [-0.05, 0) is 12.1 Å². The van der Waals surface area contributed by atoms with E-state index in [0.29, 0.717) is 0 Å². The molecule has 1 N–H and O–H groups in total. The van der Waals surface area contributed by atoms with Gasteiger partial charge in [0.05, 0.1) is 17.4 Å². The van der Waals surface area contributed by atoms with Crippen LogP contribution in [0.3, 0.4) is 0 Å². The fraction of sp³-hybridized carbons (Fsp3) is 0.111. The van der Waals surface area contributed by atoms with Crippen molar-refractivity contribution in [3.05, 3.63) is 37.4 Å². The van der Waals surface area contributed by atoms with Crippen LogP contribution in [0.15, 0.2) is 18.2 Å². The van der Waals surface area contributed by atoms with Gasteiger partial charge in [-0.3, -0.25) is 14.9 Å². The third-order valence-corrected chi connectivity index (χ3v) is 3.78. The van der Waals surface area contributed by atoms with Gasteiger partial charge < -0.3 is 15.2 Å². The van der Waals surface area contributed by atoms with Crippen molar-refractivity contribution in [2.24, 2.45) is 0 Å². The van der Waals surface area contributed by atoms with Gasteiger partial charge in [-0.2, -0.15) is 0 Å². The van der Waals surface area contributed by atoms with Gasteiger partial charge >= 0.3 is 71.2 Å². The Labute approximate surface area is 161 Å². The molecule has 0 aliphatic heterocycles. The number of carbonyl (C=O) groups is 2. The summed E-state index contributed by atoms with van der Waals surface area (Å²) in [6.45, 7) is -0.748. The summed E-state index contributed by atoms with van der Waals surface area (Å²) in [6.07, 6.45) is 0. The van der Waals surface area contributed by atoms with Crippen LogP contribution in [0.1, 0.15) is 10.4 Å². The van der Waals surface area contributed by atoms with E-state index < -0.39 is 52.4 Å². The molecule has 20 heavy (non-hydrogen) atoms. The Kier molecular flexibility index (Phi) is 8.53. The van der Waals surface area contributed by atoms with Crippen LogP contribution in [0.5, 0.6) is 0 Å². The number of nitrogens with zero attached hydrogens (tertiary/aromatic N) is 1. The Hall–Kier alpha value is -0.474. The number of nitro benzene ring substituents is 1. The van der Waals surface area contributed by atoms with Crippen LogP contribution in [0.25, 0.3) is 0 Å². The van der Waals surface area contributed by atoms with Crippen LogP contribution in [-0.4, -0.2) is 23.3 Å². The molecule has 0 fully saturated rings. The van der Waals surface area contributed by atoms with Crippen molar-refractivity contribution in [1.82, 2.24) is 5.32 Å². The van der Waals surface area contributed by atoms with E-state index in [0.717, 1.165) is 18.2 Å². The number of carboxylic acid groups (broad SMARTS) is 1. The molecular weight excluding hydrogens is 414 g/mol. The Morgan fingerprint density at radius 1 is 1.30 bits per heavy atom. The van der Waals surface area contributed by atoms with E-state index in [1.165, 1.54) is 0 Å². The Morgan fingerprint density at radius 3 is 2.35 bits per heavy atom. The van der Waals surface area contributed by atoms with Crippen molar-refractivity contribution in [3.63, 3.8) is 0 Å². The zero-order valence-corrected chi connectivity index (χ0v) is 15.4. The molecule has 0 unspecified atom stereocenters. The standard InChI is InChI=1S/C9H7IN2O7.K/c13-8(14)4-11-9(15)5-1-2-7(12(18)19)6(3-5)10(16)17;/h1-3H,4H2,(H,11,15)(H,13,14);/q;+1/p-1. The molecule has 0 spiro atoms. The molecule has 9 nitrogen and oxygen atoms in total. The molecule has 1 aromatic rings. The molecule has 0 aromatic heterocycles. The van der Waals surface area contributed by atoms with Gasteiger partial charge in [0.25, 0.3) is 11.6 Å². The number of amides is 1. The molecule has 11 heteroatoms. The summed E-state index contributed by atoms with van der Waals surface area (Å²) < 4.78 is 21.4. The fourth-order valence-electron chi connectivity index (χ4n) is 1.17. The predicted molar refractivity (Wildman–Crippen MR) is 64.5 cm³/mol. The van der Waals surface area contributed by atoms with Crippen LogP contribution >= 0.6 is 19.8 Å². The van der Waals surface area contributed by atoms with E-state index in [1.807, 2.05) is 5.32 Å². The van der Waals surface area contributed by atoms with Gasteiger partial charge in [0.2, 0.25) is 0 Å². The summed E-state index contributed by atoms with van der Waals surface area (Å²) >= 11 is -4.16. The molecular formula is C9H6IKN2O7. The number of aliphatic carboxylic acids is 1. The number of halogens is 1. The average molecular weight is 420 g/mol. The summed E-state index contributed by atoms with van der Waals surface area (Å²) in [4.78, 5) is 31.3. The van der Waals surface area contributed by atoms with Crippen molar-refractivity contribution < 1.29 is 77.1 Å². The molecule has 1 amide bonds. The van der Waals surface area contributed by atoms with Gasteiger partial charge in [0.15, 0.2) is 3.57 Å². The normalized spacial score (nSPS) is 9.65.